The smallest absolute Gasteiger partial charge is 0.321 e. The number of nitrogens with zero attached hydrogens (tertiary/aromatic N) is 3. The van der Waals surface area contributed by atoms with Gasteiger partial charge < -0.3 is 5.32 Å². The lowest BCUT2D eigenvalue weighted by molar-refractivity contribution is -0.117. The molecule has 1 atom stereocenters. The molecule has 0 spiro atoms. The topological polar surface area (TPSA) is 88.4 Å². The molecule has 124 valence electrons. The van der Waals surface area contributed by atoms with E-state index in [-0.39, 0.29) is 11.8 Å². The molecule has 0 aliphatic carbocycles. The van der Waals surface area contributed by atoms with Crippen molar-refractivity contribution >= 4 is 52.5 Å². The molecule has 2 N–H and O–H groups in total. The molecule has 0 radical (unpaired) electrons. The van der Waals surface area contributed by atoms with Gasteiger partial charge in [0.2, 0.25) is 5.91 Å². The predicted octanol–water partition coefficient (Wildman–Crippen LogP) is 2.75. The van der Waals surface area contributed by atoms with Gasteiger partial charge in [-0.1, -0.05) is 41.9 Å². The Bertz CT molecular complexity index is 736. The lowest BCUT2D eigenvalue weighted by Crippen LogP contribution is -2.43. The van der Waals surface area contributed by atoms with Crippen LogP contribution < -0.4 is 10.6 Å². The lowest BCUT2D eigenvalue weighted by atomic mass is 10.3. The Hall–Kier alpha value is -1.51. The van der Waals surface area contributed by atoms with E-state index >= 15 is 0 Å². The van der Waals surface area contributed by atoms with Crippen LogP contribution in [-0.4, -0.2) is 38.3 Å². The van der Waals surface area contributed by atoms with Gasteiger partial charge in [-0.05, 0) is 19.4 Å². The number of hydrogen-bond acceptors (Lipinski definition) is 5. The molecule has 2 heterocycles. The van der Waals surface area contributed by atoms with Crippen LogP contribution in [0.3, 0.4) is 0 Å². The van der Waals surface area contributed by atoms with Crippen LogP contribution in [0, 0.1) is 0 Å². The van der Waals surface area contributed by atoms with Gasteiger partial charge >= 0.3 is 6.03 Å². The van der Waals surface area contributed by atoms with E-state index in [4.69, 9.17) is 23.2 Å². The van der Waals surface area contributed by atoms with Crippen LogP contribution in [0.5, 0.6) is 0 Å². The van der Waals surface area contributed by atoms with E-state index in [9.17, 15) is 9.59 Å². The van der Waals surface area contributed by atoms with Crippen LogP contribution >= 0.6 is 35.0 Å². The van der Waals surface area contributed by atoms with Crippen molar-refractivity contribution in [1.82, 2.24) is 25.2 Å². The third kappa shape index (κ3) is 4.73. The summed E-state index contributed by atoms with van der Waals surface area (Å²) in [5.74, 6) is -0.417. The number of fused-ring (bicyclic) bond motifs is 1. The molecule has 10 heteroatoms. The van der Waals surface area contributed by atoms with Crippen LogP contribution in [0.25, 0.3) is 5.65 Å². The average Bonchev–Trinajstić information content (AvgIpc) is 2.88. The van der Waals surface area contributed by atoms with E-state index in [1.807, 2.05) is 13.8 Å². The molecule has 0 fully saturated rings. The zero-order chi connectivity index (χ0) is 17.0. The molecular weight excluding hydrogens is 361 g/mol. The highest BCUT2D eigenvalue weighted by atomic mass is 35.5. The summed E-state index contributed by atoms with van der Waals surface area (Å²) in [7, 11) is 0. The number of carbonyl (C=O) groups is 2. The third-order valence-corrected chi connectivity index (χ3v) is 4.40. The fourth-order valence-corrected chi connectivity index (χ4v) is 2.87. The van der Waals surface area contributed by atoms with E-state index in [0.717, 1.165) is 18.2 Å². The monoisotopic (exact) mass is 375 g/mol. The van der Waals surface area contributed by atoms with Crippen molar-refractivity contribution in [2.75, 3.05) is 5.75 Å². The summed E-state index contributed by atoms with van der Waals surface area (Å²) >= 11 is 13.1. The molecule has 23 heavy (non-hydrogen) atoms. The van der Waals surface area contributed by atoms with Gasteiger partial charge in [-0.15, -0.1) is 10.2 Å². The van der Waals surface area contributed by atoms with Gasteiger partial charge in [0, 0.05) is 12.2 Å². The van der Waals surface area contributed by atoms with Crippen LogP contribution in [0.15, 0.2) is 17.4 Å². The Morgan fingerprint density at radius 3 is 2.83 bits per heavy atom. The van der Waals surface area contributed by atoms with Crippen LogP contribution in [0.4, 0.5) is 4.79 Å². The zero-order valence-corrected chi connectivity index (χ0v) is 14.8. The number of nitrogens with one attached hydrogen (secondary N) is 2. The fourth-order valence-electron chi connectivity index (χ4n) is 1.66. The normalized spacial score (nSPS) is 12.2. The van der Waals surface area contributed by atoms with Crippen LogP contribution in [0.1, 0.15) is 20.3 Å². The largest absolute Gasteiger partial charge is 0.335 e. The number of pyridine rings is 1. The molecule has 0 aromatic carbocycles. The summed E-state index contributed by atoms with van der Waals surface area (Å²) in [6.45, 7) is 3.80. The number of imide groups is 1. The first-order chi connectivity index (χ1) is 10.9. The fraction of sp³-hybridized carbons (Fsp3) is 0.385. The number of hydrogen-bond donors (Lipinski definition) is 2. The number of rotatable bonds is 5. The quantitative estimate of drug-likeness (QED) is 0.784. The second-order valence-electron chi connectivity index (χ2n) is 4.80. The van der Waals surface area contributed by atoms with Crippen molar-refractivity contribution in [3.05, 3.63) is 22.3 Å². The number of amides is 3. The van der Waals surface area contributed by atoms with Gasteiger partial charge in [0.15, 0.2) is 10.8 Å². The second kappa shape index (κ2) is 7.85. The maximum Gasteiger partial charge on any atom is 0.321 e. The average molecular weight is 376 g/mol. The molecule has 0 saturated heterocycles. The van der Waals surface area contributed by atoms with Crippen LogP contribution in [-0.2, 0) is 4.79 Å². The Labute approximate surface area is 147 Å². The predicted molar refractivity (Wildman–Crippen MR) is 90.2 cm³/mol. The minimum atomic E-state index is -0.512. The molecule has 0 bridgehead atoms. The first kappa shape index (κ1) is 17.8. The molecule has 3 amide bonds. The molecular formula is C13H15Cl2N5O2S. The second-order valence-corrected chi connectivity index (χ2v) is 6.59. The molecule has 0 aliphatic heterocycles. The highest BCUT2D eigenvalue weighted by Gasteiger charge is 2.14. The van der Waals surface area contributed by atoms with Crippen molar-refractivity contribution in [1.29, 1.82) is 0 Å². The minimum Gasteiger partial charge on any atom is -0.335 e. The van der Waals surface area contributed by atoms with Crippen molar-refractivity contribution in [3.63, 3.8) is 0 Å². The van der Waals surface area contributed by atoms with Crippen molar-refractivity contribution in [2.45, 2.75) is 31.5 Å². The summed E-state index contributed by atoms with van der Waals surface area (Å²) in [6, 6.07) is 1.05. The molecule has 2 aromatic heterocycles. The van der Waals surface area contributed by atoms with Crippen molar-refractivity contribution < 1.29 is 9.59 Å². The van der Waals surface area contributed by atoms with E-state index in [1.165, 1.54) is 0 Å². The number of halogens is 2. The lowest BCUT2D eigenvalue weighted by Gasteiger charge is -2.11. The summed E-state index contributed by atoms with van der Waals surface area (Å²) in [5, 5.41) is 14.1. The molecule has 2 aromatic rings. The van der Waals surface area contributed by atoms with Crippen molar-refractivity contribution in [3.8, 4) is 0 Å². The van der Waals surface area contributed by atoms with E-state index in [0.29, 0.717) is 20.8 Å². The number of thioether (sulfide) groups is 1. The zero-order valence-electron chi connectivity index (χ0n) is 12.5. The molecule has 0 saturated carbocycles. The van der Waals surface area contributed by atoms with Crippen LogP contribution in [0.2, 0.25) is 10.0 Å². The molecule has 0 aliphatic rings. The van der Waals surface area contributed by atoms with Gasteiger partial charge in [-0.2, -0.15) is 0 Å². The van der Waals surface area contributed by atoms with Gasteiger partial charge in [-0.3, -0.25) is 14.5 Å². The first-order valence-electron chi connectivity index (χ1n) is 6.83. The first-order valence-corrected chi connectivity index (χ1v) is 8.57. The summed E-state index contributed by atoms with van der Waals surface area (Å²) in [5.41, 5.74) is 0.452. The Morgan fingerprint density at radius 1 is 1.39 bits per heavy atom. The van der Waals surface area contributed by atoms with Gasteiger partial charge in [-0.25, -0.2) is 4.79 Å². The SMILES string of the molecule is CC[C@@H](C)NC(=O)NC(=O)CSc1nnc2c(Cl)cc(Cl)cn12. The highest BCUT2D eigenvalue weighted by molar-refractivity contribution is 7.99. The number of aromatic nitrogens is 3. The minimum absolute atomic E-state index is 0.000163. The Balaban J connectivity index is 1.96. The molecule has 7 nitrogen and oxygen atoms in total. The third-order valence-electron chi connectivity index (χ3n) is 2.97. The van der Waals surface area contributed by atoms with E-state index < -0.39 is 11.9 Å². The summed E-state index contributed by atoms with van der Waals surface area (Å²) < 4.78 is 1.60. The summed E-state index contributed by atoms with van der Waals surface area (Å²) in [4.78, 5) is 23.4. The Kier molecular flexibility index (Phi) is 6.09. The number of carbonyl (C=O) groups excluding carboxylic acids is 2. The Morgan fingerprint density at radius 2 is 2.13 bits per heavy atom. The number of urea groups is 1. The highest BCUT2D eigenvalue weighted by Crippen LogP contribution is 2.25. The van der Waals surface area contributed by atoms with Gasteiger partial charge in [0.25, 0.3) is 0 Å². The molecule has 0 unspecified atom stereocenters. The van der Waals surface area contributed by atoms with E-state index in [2.05, 4.69) is 20.8 Å². The standard InChI is InChI=1S/C13H15Cl2N5O2S/c1-3-7(2)16-12(22)17-10(21)6-23-13-19-18-11-9(15)4-8(14)5-20(11)13/h4-5,7H,3,6H2,1-2H3,(H2,16,17,21,22)/t7-/m1/s1. The van der Waals surface area contributed by atoms with E-state index in [1.54, 1.807) is 16.7 Å². The van der Waals surface area contributed by atoms with Gasteiger partial charge in [0.1, 0.15) is 0 Å². The maximum atomic E-state index is 11.8. The van der Waals surface area contributed by atoms with Crippen molar-refractivity contribution in [2.24, 2.45) is 0 Å². The summed E-state index contributed by atoms with van der Waals surface area (Å²) in [6.07, 6.45) is 2.39. The van der Waals surface area contributed by atoms with Gasteiger partial charge in [0.05, 0.1) is 15.8 Å². The maximum absolute atomic E-state index is 11.8. The molecule has 2 rings (SSSR count).